The number of hydrogen-bond acceptors (Lipinski definition) is 5. The summed E-state index contributed by atoms with van der Waals surface area (Å²) in [6.45, 7) is 0.882. The Bertz CT molecular complexity index is 729. The van der Waals surface area contributed by atoms with Crippen molar-refractivity contribution >= 4 is 11.9 Å². The van der Waals surface area contributed by atoms with Crippen LogP contribution < -0.4 is 0 Å². The van der Waals surface area contributed by atoms with E-state index < -0.39 is 11.0 Å². The summed E-state index contributed by atoms with van der Waals surface area (Å²) < 4.78 is 6.04. The number of carbonyl (C=O) groups is 2. The fourth-order valence-electron chi connectivity index (χ4n) is 6.24. The van der Waals surface area contributed by atoms with Gasteiger partial charge in [0, 0.05) is 25.7 Å². The molecule has 1 aromatic heterocycles. The lowest BCUT2D eigenvalue weighted by atomic mass is 9.47. The summed E-state index contributed by atoms with van der Waals surface area (Å²) in [6.07, 6.45) is 6.49. The molecule has 1 aliphatic heterocycles. The number of carbonyl (C=O) groups excluding carboxylic acids is 2. The second-order valence-electron chi connectivity index (χ2n) is 8.89. The van der Waals surface area contributed by atoms with E-state index in [4.69, 9.17) is 4.74 Å². The number of hydrogen-bond donors (Lipinski definition) is 1. The number of aliphatic hydroxyl groups is 1. The van der Waals surface area contributed by atoms with Gasteiger partial charge in [-0.3, -0.25) is 4.79 Å². The topological polar surface area (TPSA) is 79.7 Å². The first-order valence-electron chi connectivity index (χ1n) is 9.59. The quantitative estimate of drug-likeness (QED) is 0.835. The zero-order valence-corrected chi connectivity index (χ0v) is 14.8. The van der Waals surface area contributed by atoms with Gasteiger partial charge < -0.3 is 14.7 Å². The van der Waals surface area contributed by atoms with Gasteiger partial charge in [0.2, 0.25) is 5.91 Å². The lowest BCUT2D eigenvalue weighted by Gasteiger charge is -2.61. The second-order valence-corrected chi connectivity index (χ2v) is 8.89. The van der Waals surface area contributed by atoms with Crippen LogP contribution in [-0.2, 0) is 9.53 Å². The van der Waals surface area contributed by atoms with Crippen LogP contribution in [0.5, 0.6) is 0 Å². The molecule has 5 aliphatic rings. The Kier molecular flexibility index (Phi) is 3.45. The van der Waals surface area contributed by atoms with Crippen molar-refractivity contribution in [3.8, 4) is 0 Å². The molecule has 2 heterocycles. The van der Waals surface area contributed by atoms with E-state index in [-0.39, 0.29) is 18.0 Å². The summed E-state index contributed by atoms with van der Waals surface area (Å²) in [4.78, 5) is 31.7. The molecule has 6 nitrogen and oxygen atoms in total. The zero-order chi connectivity index (χ0) is 17.9. The molecule has 0 aromatic carbocycles. The Hall–Kier alpha value is -1.95. The highest BCUT2D eigenvalue weighted by Gasteiger charge is 2.63. The SMILES string of the molecule is O=C(OC12CC3CC(C1)CC(C(=O)N1CC(O)C1)(C3)C2)c1ccccn1. The summed E-state index contributed by atoms with van der Waals surface area (Å²) in [5.74, 6) is 0.676. The van der Waals surface area contributed by atoms with Gasteiger partial charge in [0.15, 0.2) is 0 Å². The minimum absolute atomic E-state index is 0.162. The van der Waals surface area contributed by atoms with E-state index >= 15 is 0 Å². The van der Waals surface area contributed by atoms with Gasteiger partial charge >= 0.3 is 5.97 Å². The van der Waals surface area contributed by atoms with E-state index in [0.29, 0.717) is 37.0 Å². The largest absolute Gasteiger partial charge is 0.454 e. The summed E-state index contributed by atoms with van der Waals surface area (Å²) in [6, 6.07) is 5.23. The molecule has 0 radical (unpaired) electrons. The Morgan fingerprint density at radius 1 is 1.15 bits per heavy atom. The third-order valence-corrected chi connectivity index (χ3v) is 6.79. The average Bonchev–Trinajstić information content (AvgIpc) is 2.57. The van der Waals surface area contributed by atoms with Crippen LogP contribution in [0.2, 0.25) is 0 Å². The predicted octanol–water partition coefficient (Wildman–Crippen LogP) is 1.78. The summed E-state index contributed by atoms with van der Waals surface area (Å²) >= 11 is 0. The van der Waals surface area contributed by atoms with E-state index in [1.54, 1.807) is 29.3 Å². The van der Waals surface area contributed by atoms with Crippen molar-refractivity contribution in [3.05, 3.63) is 30.1 Å². The van der Waals surface area contributed by atoms with Crippen molar-refractivity contribution in [1.29, 1.82) is 0 Å². The Morgan fingerprint density at radius 2 is 1.88 bits per heavy atom. The molecule has 4 aliphatic carbocycles. The molecule has 2 atom stereocenters. The van der Waals surface area contributed by atoms with Gasteiger partial charge in [-0.2, -0.15) is 0 Å². The fraction of sp³-hybridized carbons (Fsp3) is 0.650. The van der Waals surface area contributed by atoms with Crippen LogP contribution in [0.1, 0.15) is 49.0 Å². The first kappa shape index (κ1) is 16.2. The summed E-state index contributed by atoms with van der Waals surface area (Å²) in [5, 5.41) is 9.57. The lowest BCUT2D eigenvalue weighted by Crippen LogP contribution is -2.65. The van der Waals surface area contributed by atoms with Crippen molar-refractivity contribution in [2.45, 2.75) is 50.2 Å². The Labute approximate surface area is 152 Å². The molecular formula is C20H24N2O4. The molecule has 138 valence electrons. The van der Waals surface area contributed by atoms with Gasteiger partial charge in [-0.25, -0.2) is 9.78 Å². The lowest BCUT2D eigenvalue weighted by molar-refractivity contribution is -0.193. The van der Waals surface area contributed by atoms with Gasteiger partial charge in [0.1, 0.15) is 11.3 Å². The van der Waals surface area contributed by atoms with Crippen LogP contribution in [0, 0.1) is 17.3 Å². The highest BCUT2D eigenvalue weighted by Crippen LogP contribution is 2.63. The highest BCUT2D eigenvalue weighted by molar-refractivity contribution is 5.88. The van der Waals surface area contributed by atoms with Crippen LogP contribution in [0.3, 0.4) is 0 Å². The Morgan fingerprint density at radius 3 is 2.50 bits per heavy atom. The van der Waals surface area contributed by atoms with E-state index in [9.17, 15) is 14.7 Å². The molecule has 1 N–H and O–H groups in total. The van der Waals surface area contributed by atoms with E-state index in [1.165, 1.54) is 0 Å². The van der Waals surface area contributed by atoms with E-state index in [2.05, 4.69) is 4.98 Å². The number of pyridine rings is 1. The number of aromatic nitrogens is 1. The normalized spacial score (nSPS) is 38.1. The van der Waals surface area contributed by atoms with Crippen molar-refractivity contribution in [2.75, 3.05) is 13.1 Å². The number of nitrogens with zero attached hydrogens (tertiary/aromatic N) is 2. The summed E-state index contributed by atoms with van der Waals surface area (Å²) in [5.41, 5.74) is -0.610. The van der Waals surface area contributed by atoms with Crippen molar-refractivity contribution in [1.82, 2.24) is 9.88 Å². The number of rotatable bonds is 3. The van der Waals surface area contributed by atoms with Crippen LogP contribution in [0.25, 0.3) is 0 Å². The van der Waals surface area contributed by atoms with Gasteiger partial charge in [0.05, 0.1) is 11.5 Å². The molecule has 6 rings (SSSR count). The molecule has 4 bridgehead atoms. The molecule has 0 spiro atoms. The van der Waals surface area contributed by atoms with E-state index in [1.807, 2.05) is 0 Å². The molecule has 6 heteroatoms. The zero-order valence-electron chi connectivity index (χ0n) is 14.8. The smallest absolute Gasteiger partial charge is 0.357 e. The third kappa shape index (κ3) is 2.46. The predicted molar refractivity (Wildman–Crippen MR) is 92.1 cm³/mol. The minimum atomic E-state index is -0.530. The van der Waals surface area contributed by atoms with Crippen molar-refractivity contribution in [3.63, 3.8) is 0 Å². The molecule has 26 heavy (non-hydrogen) atoms. The first-order chi connectivity index (χ1) is 12.5. The maximum Gasteiger partial charge on any atom is 0.357 e. The average molecular weight is 356 g/mol. The monoisotopic (exact) mass is 356 g/mol. The van der Waals surface area contributed by atoms with Crippen LogP contribution in [0.4, 0.5) is 0 Å². The van der Waals surface area contributed by atoms with Crippen LogP contribution >= 0.6 is 0 Å². The first-order valence-corrected chi connectivity index (χ1v) is 9.59. The number of aliphatic hydroxyl groups excluding tert-OH is 1. The van der Waals surface area contributed by atoms with Crippen LogP contribution in [-0.4, -0.2) is 51.7 Å². The molecule has 2 unspecified atom stereocenters. The van der Waals surface area contributed by atoms with Crippen molar-refractivity contribution in [2.24, 2.45) is 17.3 Å². The number of esters is 1. The van der Waals surface area contributed by atoms with Gasteiger partial charge in [-0.05, 0) is 56.1 Å². The van der Waals surface area contributed by atoms with E-state index in [0.717, 1.165) is 32.1 Å². The number of β-amino-alcohol motifs (C(OH)–C–C–N with tert-alkyl or cyclic N) is 1. The maximum absolute atomic E-state index is 13.2. The molecule has 4 saturated carbocycles. The van der Waals surface area contributed by atoms with Crippen LogP contribution in [0.15, 0.2) is 24.4 Å². The molecule has 1 amide bonds. The molecule has 1 saturated heterocycles. The number of ether oxygens (including phenoxy) is 1. The fourth-order valence-corrected chi connectivity index (χ4v) is 6.24. The third-order valence-electron chi connectivity index (χ3n) is 6.79. The molecular weight excluding hydrogens is 332 g/mol. The Balaban J connectivity index is 1.40. The van der Waals surface area contributed by atoms with Gasteiger partial charge in [-0.1, -0.05) is 6.07 Å². The minimum Gasteiger partial charge on any atom is -0.454 e. The molecule has 1 aromatic rings. The highest BCUT2D eigenvalue weighted by atomic mass is 16.6. The number of amides is 1. The maximum atomic E-state index is 13.2. The van der Waals surface area contributed by atoms with Gasteiger partial charge in [-0.15, -0.1) is 0 Å². The van der Waals surface area contributed by atoms with Crippen molar-refractivity contribution < 1.29 is 19.4 Å². The van der Waals surface area contributed by atoms with Gasteiger partial charge in [0.25, 0.3) is 0 Å². The molecule has 5 fully saturated rings. The summed E-state index contributed by atoms with van der Waals surface area (Å²) in [7, 11) is 0. The number of likely N-dealkylation sites (tertiary alicyclic amines) is 1. The second kappa shape index (κ2) is 5.52. The standard InChI is InChI=1S/C20H24N2O4/c23-15-10-22(11-15)18(25)19-6-13-5-14(7-19)9-20(8-13,12-19)26-17(24)16-3-1-2-4-21-16/h1-4,13-15,23H,5-12H2.